The third kappa shape index (κ3) is 4.75. The molecule has 3 aromatic rings. The van der Waals surface area contributed by atoms with Crippen LogP contribution in [0.4, 0.5) is 11.4 Å². The minimum atomic E-state index is -0.931. The molecule has 0 unspecified atom stereocenters. The van der Waals surface area contributed by atoms with E-state index in [1.54, 1.807) is 42.7 Å². The summed E-state index contributed by atoms with van der Waals surface area (Å²) < 4.78 is 5.97. The summed E-state index contributed by atoms with van der Waals surface area (Å²) >= 11 is 0. The van der Waals surface area contributed by atoms with E-state index in [-0.39, 0.29) is 24.0 Å². The van der Waals surface area contributed by atoms with Gasteiger partial charge in [-0.15, -0.1) is 0 Å². The lowest BCUT2D eigenvalue weighted by molar-refractivity contribution is -0.115. The van der Waals surface area contributed by atoms with Crippen molar-refractivity contribution in [2.75, 3.05) is 23.3 Å². The van der Waals surface area contributed by atoms with Gasteiger partial charge in [-0.3, -0.25) is 9.78 Å². The fourth-order valence-electron chi connectivity index (χ4n) is 3.26. The maximum absolute atomic E-state index is 12.1. The van der Waals surface area contributed by atoms with Crippen LogP contribution in [0.1, 0.15) is 15.9 Å². The van der Waals surface area contributed by atoms with Crippen LogP contribution in [0.3, 0.4) is 0 Å². The average molecular weight is 403 g/mol. The van der Waals surface area contributed by atoms with Gasteiger partial charge in [0.15, 0.2) is 0 Å². The Balaban J connectivity index is 1.26. The van der Waals surface area contributed by atoms with Gasteiger partial charge in [-0.2, -0.15) is 0 Å². The Hall–Kier alpha value is -3.87. The Morgan fingerprint density at radius 1 is 1.10 bits per heavy atom. The Bertz CT molecular complexity index is 1030. The molecule has 1 aromatic heterocycles. The van der Waals surface area contributed by atoms with E-state index in [9.17, 15) is 9.59 Å². The van der Waals surface area contributed by atoms with Crippen molar-refractivity contribution < 1.29 is 19.4 Å². The molecule has 7 nitrogen and oxygen atoms in total. The van der Waals surface area contributed by atoms with E-state index >= 15 is 0 Å². The molecule has 1 saturated heterocycles. The molecule has 0 spiro atoms. The first-order valence-corrected chi connectivity index (χ1v) is 9.60. The van der Waals surface area contributed by atoms with Crippen molar-refractivity contribution in [3.63, 3.8) is 0 Å². The number of carboxylic acid groups (broad SMARTS) is 1. The number of carbonyl (C=O) groups excluding carboxylic acids is 1. The summed E-state index contributed by atoms with van der Waals surface area (Å²) in [4.78, 5) is 29.3. The van der Waals surface area contributed by atoms with Crippen LogP contribution in [-0.2, 0) is 11.2 Å². The molecule has 0 saturated carbocycles. The van der Waals surface area contributed by atoms with Crippen molar-refractivity contribution >= 4 is 23.3 Å². The largest absolute Gasteiger partial charge is 0.487 e. The summed E-state index contributed by atoms with van der Waals surface area (Å²) in [5, 5.41) is 11.9. The number of hydrogen-bond acceptors (Lipinski definition) is 5. The van der Waals surface area contributed by atoms with Gasteiger partial charge in [0.1, 0.15) is 11.9 Å². The van der Waals surface area contributed by atoms with Crippen LogP contribution in [0.2, 0.25) is 0 Å². The second-order valence-electron chi connectivity index (χ2n) is 7.11. The molecular formula is C23H21N3O4. The summed E-state index contributed by atoms with van der Waals surface area (Å²) in [5.41, 5.74) is 2.72. The summed E-state index contributed by atoms with van der Waals surface area (Å²) in [5.74, 6) is -0.287. The van der Waals surface area contributed by atoms with Crippen LogP contribution in [0, 0.1) is 0 Å². The highest BCUT2D eigenvalue weighted by molar-refractivity contribution is 5.92. The number of pyridine rings is 1. The number of hydrogen-bond donors (Lipinski definition) is 2. The van der Waals surface area contributed by atoms with Crippen molar-refractivity contribution in [2.45, 2.75) is 12.5 Å². The predicted octanol–water partition coefficient (Wildman–Crippen LogP) is 3.23. The summed E-state index contributed by atoms with van der Waals surface area (Å²) in [7, 11) is 0. The first kappa shape index (κ1) is 19.4. The maximum atomic E-state index is 12.1. The number of aromatic nitrogens is 1. The van der Waals surface area contributed by atoms with Gasteiger partial charge in [0, 0.05) is 11.9 Å². The Labute approximate surface area is 173 Å². The van der Waals surface area contributed by atoms with E-state index in [0.717, 1.165) is 17.0 Å². The first-order chi connectivity index (χ1) is 14.6. The second kappa shape index (κ2) is 8.65. The van der Waals surface area contributed by atoms with Crippen molar-refractivity contribution in [1.82, 2.24) is 4.98 Å². The number of ether oxygens (including phenoxy) is 1. The second-order valence-corrected chi connectivity index (χ2v) is 7.11. The summed E-state index contributed by atoms with van der Waals surface area (Å²) in [6.07, 6.45) is 3.57. The molecule has 0 atom stereocenters. The molecule has 1 amide bonds. The zero-order valence-electron chi connectivity index (χ0n) is 16.2. The fraction of sp³-hybridized carbons (Fsp3) is 0.174. The molecule has 7 heteroatoms. The lowest BCUT2D eigenvalue weighted by Gasteiger charge is -2.40. The van der Waals surface area contributed by atoms with E-state index in [1.165, 1.54) is 0 Å². The van der Waals surface area contributed by atoms with E-state index in [0.29, 0.717) is 18.8 Å². The van der Waals surface area contributed by atoms with Crippen molar-refractivity contribution in [3.05, 3.63) is 84.2 Å². The zero-order chi connectivity index (χ0) is 20.9. The highest BCUT2D eigenvalue weighted by Gasteiger charge is 2.29. The first-order valence-electron chi connectivity index (χ1n) is 9.60. The minimum Gasteiger partial charge on any atom is -0.487 e. The number of aromatic carboxylic acids is 1. The van der Waals surface area contributed by atoms with Gasteiger partial charge in [0.25, 0.3) is 0 Å². The lowest BCUT2D eigenvalue weighted by atomic mass is 10.1. The highest BCUT2D eigenvalue weighted by Crippen LogP contribution is 2.25. The van der Waals surface area contributed by atoms with Gasteiger partial charge < -0.3 is 20.1 Å². The van der Waals surface area contributed by atoms with Gasteiger partial charge in [-0.25, -0.2) is 4.79 Å². The molecule has 2 N–H and O–H groups in total. The van der Waals surface area contributed by atoms with Crippen LogP contribution in [-0.4, -0.2) is 41.2 Å². The molecule has 4 rings (SSSR count). The fourth-order valence-corrected chi connectivity index (χ4v) is 3.26. The van der Waals surface area contributed by atoms with Crippen molar-refractivity contribution in [3.8, 4) is 5.75 Å². The highest BCUT2D eigenvalue weighted by atomic mass is 16.5. The molecule has 0 aliphatic carbocycles. The van der Waals surface area contributed by atoms with Gasteiger partial charge in [-0.05, 0) is 48.0 Å². The summed E-state index contributed by atoms with van der Waals surface area (Å²) in [6.45, 7) is 1.39. The Morgan fingerprint density at radius 2 is 1.90 bits per heavy atom. The topological polar surface area (TPSA) is 91.8 Å². The van der Waals surface area contributed by atoms with E-state index in [4.69, 9.17) is 9.84 Å². The zero-order valence-corrected chi connectivity index (χ0v) is 16.2. The molecule has 2 heterocycles. The number of benzene rings is 2. The van der Waals surface area contributed by atoms with E-state index in [1.807, 2.05) is 30.3 Å². The van der Waals surface area contributed by atoms with Crippen LogP contribution in [0.25, 0.3) is 0 Å². The van der Waals surface area contributed by atoms with Gasteiger partial charge in [0.2, 0.25) is 5.91 Å². The minimum absolute atomic E-state index is 0.0400. The lowest BCUT2D eigenvalue weighted by Crippen LogP contribution is -2.54. The molecule has 1 aliphatic rings. The van der Waals surface area contributed by atoms with Crippen LogP contribution in [0.15, 0.2) is 73.1 Å². The number of rotatable bonds is 7. The molecule has 152 valence electrons. The number of nitrogens with zero attached hydrogens (tertiary/aromatic N) is 2. The van der Waals surface area contributed by atoms with Crippen molar-refractivity contribution in [1.29, 1.82) is 0 Å². The molecule has 0 bridgehead atoms. The van der Waals surface area contributed by atoms with Gasteiger partial charge in [-0.1, -0.05) is 18.2 Å². The number of carboxylic acids is 1. The van der Waals surface area contributed by atoms with Crippen LogP contribution < -0.4 is 15.0 Å². The number of anilines is 2. The van der Waals surface area contributed by atoms with Crippen molar-refractivity contribution in [2.24, 2.45) is 0 Å². The van der Waals surface area contributed by atoms with Gasteiger partial charge >= 0.3 is 5.97 Å². The standard InChI is InChI=1S/C23H21N3O4/c27-22(25-18-4-2-10-24-13-18)11-16-6-8-20(9-7-16)30-21-14-26(15-21)19-5-1-3-17(12-19)23(28)29/h1-10,12-13,21H,11,14-15H2,(H,25,27)(H,28,29). The molecule has 30 heavy (non-hydrogen) atoms. The van der Waals surface area contributed by atoms with Crippen LogP contribution in [0.5, 0.6) is 5.75 Å². The molecule has 0 radical (unpaired) electrons. The average Bonchev–Trinajstić information content (AvgIpc) is 2.72. The number of amides is 1. The SMILES string of the molecule is O=C(Cc1ccc(OC2CN(c3cccc(C(=O)O)c3)C2)cc1)Nc1cccnc1. The Kier molecular flexibility index (Phi) is 5.61. The van der Waals surface area contributed by atoms with Gasteiger partial charge in [0.05, 0.1) is 37.0 Å². The molecular weight excluding hydrogens is 382 g/mol. The predicted molar refractivity (Wildman–Crippen MR) is 113 cm³/mol. The third-order valence-electron chi connectivity index (χ3n) is 4.84. The normalized spacial score (nSPS) is 13.4. The van der Waals surface area contributed by atoms with E-state index < -0.39 is 5.97 Å². The van der Waals surface area contributed by atoms with E-state index in [2.05, 4.69) is 15.2 Å². The number of nitrogens with one attached hydrogen (secondary N) is 1. The van der Waals surface area contributed by atoms with Crippen LogP contribution >= 0.6 is 0 Å². The molecule has 2 aromatic carbocycles. The quantitative estimate of drug-likeness (QED) is 0.629. The molecule has 1 aliphatic heterocycles. The smallest absolute Gasteiger partial charge is 0.335 e. The Morgan fingerprint density at radius 3 is 2.60 bits per heavy atom. The number of carbonyl (C=O) groups is 2. The summed E-state index contributed by atoms with van der Waals surface area (Å²) in [6, 6.07) is 17.9. The third-order valence-corrected chi connectivity index (χ3v) is 4.84. The monoisotopic (exact) mass is 403 g/mol. The maximum Gasteiger partial charge on any atom is 0.335 e. The molecule has 1 fully saturated rings.